The maximum absolute atomic E-state index is 13.7. The number of para-hydroxylation sites is 2. The van der Waals surface area contributed by atoms with Crippen molar-refractivity contribution in [1.82, 2.24) is 5.32 Å². The van der Waals surface area contributed by atoms with Gasteiger partial charge in [0.25, 0.3) is 0 Å². The predicted octanol–water partition coefficient (Wildman–Crippen LogP) is 2.92. The number of benzene rings is 2. The van der Waals surface area contributed by atoms with Crippen LogP contribution in [0.25, 0.3) is 0 Å². The minimum Gasteiger partial charge on any atom is -0.324 e. The van der Waals surface area contributed by atoms with Crippen molar-refractivity contribution in [3.63, 3.8) is 0 Å². The van der Waals surface area contributed by atoms with Gasteiger partial charge in [-0.25, -0.2) is 4.90 Å². The first-order chi connectivity index (χ1) is 13.9. The highest BCUT2D eigenvalue weighted by Crippen LogP contribution is 2.54. The van der Waals surface area contributed by atoms with Gasteiger partial charge in [-0.2, -0.15) is 0 Å². The van der Waals surface area contributed by atoms with E-state index in [1.54, 1.807) is 24.3 Å². The summed E-state index contributed by atoms with van der Waals surface area (Å²) in [5.74, 6) is -2.42. The van der Waals surface area contributed by atoms with Crippen LogP contribution in [0.3, 0.4) is 0 Å². The molecule has 148 valence electrons. The Labute approximate surface area is 173 Å². The van der Waals surface area contributed by atoms with E-state index >= 15 is 0 Å². The van der Waals surface area contributed by atoms with E-state index in [9.17, 15) is 14.4 Å². The van der Waals surface area contributed by atoms with Gasteiger partial charge in [0.2, 0.25) is 17.7 Å². The summed E-state index contributed by atoms with van der Waals surface area (Å²) in [5.41, 5.74) is 0.483. The lowest BCUT2D eigenvalue weighted by Crippen LogP contribution is -2.54. The zero-order valence-corrected chi connectivity index (χ0v) is 16.7. The number of hydrogen-bond acceptors (Lipinski definition) is 4. The third kappa shape index (κ3) is 2.24. The number of halogens is 1. The van der Waals surface area contributed by atoms with Gasteiger partial charge < -0.3 is 5.32 Å². The second-order valence-corrected chi connectivity index (χ2v) is 8.60. The Hall–Kier alpha value is -2.70. The first-order valence-corrected chi connectivity index (χ1v) is 10.1. The highest BCUT2D eigenvalue weighted by Gasteiger charge is 2.71. The van der Waals surface area contributed by atoms with E-state index in [1.165, 1.54) is 4.90 Å². The number of imide groups is 1. The summed E-state index contributed by atoms with van der Waals surface area (Å²) in [7, 11) is 0. The van der Waals surface area contributed by atoms with Crippen molar-refractivity contribution in [2.45, 2.75) is 25.4 Å². The molecule has 0 aromatic heterocycles. The molecule has 2 N–H and O–H groups in total. The van der Waals surface area contributed by atoms with Gasteiger partial charge in [-0.3, -0.25) is 19.7 Å². The fraction of sp³-hybridized carbons (Fsp3) is 0.318. The van der Waals surface area contributed by atoms with Gasteiger partial charge in [0.05, 0.1) is 22.5 Å². The van der Waals surface area contributed by atoms with Gasteiger partial charge in [-0.15, -0.1) is 0 Å². The van der Waals surface area contributed by atoms with Crippen molar-refractivity contribution in [2.75, 3.05) is 10.2 Å². The number of hydrogen-bond donors (Lipinski definition) is 2. The molecule has 0 bridgehead atoms. The minimum atomic E-state index is -1.26. The molecule has 7 heteroatoms. The summed E-state index contributed by atoms with van der Waals surface area (Å²) in [5, 5.41) is 6.63. The third-order valence-corrected chi connectivity index (χ3v) is 6.69. The molecule has 0 saturated carbocycles. The number of carbonyl (C=O) groups is 3. The Balaban J connectivity index is 1.71. The first-order valence-electron chi connectivity index (χ1n) is 9.69. The van der Waals surface area contributed by atoms with Crippen molar-refractivity contribution in [1.29, 1.82) is 0 Å². The van der Waals surface area contributed by atoms with E-state index in [1.807, 2.05) is 38.1 Å². The van der Waals surface area contributed by atoms with E-state index in [2.05, 4.69) is 10.6 Å². The van der Waals surface area contributed by atoms with Crippen LogP contribution < -0.4 is 15.5 Å². The Bertz CT molecular complexity index is 1070. The monoisotopic (exact) mass is 409 g/mol. The number of anilines is 2. The fourth-order valence-corrected chi connectivity index (χ4v) is 5.35. The lowest BCUT2D eigenvalue weighted by molar-refractivity contribution is -0.130. The molecule has 5 rings (SSSR count). The Morgan fingerprint density at radius 1 is 1.00 bits per heavy atom. The maximum Gasteiger partial charge on any atom is 0.250 e. The summed E-state index contributed by atoms with van der Waals surface area (Å²) in [6, 6.07) is 13.8. The van der Waals surface area contributed by atoms with E-state index in [-0.39, 0.29) is 23.8 Å². The zero-order valence-electron chi connectivity index (χ0n) is 16.0. The lowest BCUT2D eigenvalue weighted by Gasteiger charge is -2.30. The number of fused-ring (bicyclic) bond motifs is 4. The topological polar surface area (TPSA) is 78.5 Å². The van der Waals surface area contributed by atoms with Crippen molar-refractivity contribution < 1.29 is 14.4 Å². The van der Waals surface area contributed by atoms with Crippen LogP contribution in [0.4, 0.5) is 11.4 Å². The summed E-state index contributed by atoms with van der Waals surface area (Å²) in [6.07, 6.45) is 0. The standard InChI is InChI=1S/C22H20ClN3O3/c1-11(2)18-16-17(20(28)26(19(16)27)15-10-6-4-8-13(15)23)22(25-18)12-7-3-5-9-14(12)24-21(22)29/h3-11,16-18,25H,1-2H3,(H,24,29)/t16-,17+,18+,22-/m0/s1. The number of rotatable bonds is 2. The van der Waals surface area contributed by atoms with Crippen LogP contribution in [0.15, 0.2) is 48.5 Å². The van der Waals surface area contributed by atoms with Crippen LogP contribution in [-0.2, 0) is 19.9 Å². The molecule has 3 heterocycles. The second-order valence-electron chi connectivity index (χ2n) is 8.19. The summed E-state index contributed by atoms with van der Waals surface area (Å²) < 4.78 is 0. The van der Waals surface area contributed by atoms with Crippen LogP contribution in [0.1, 0.15) is 19.4 Å². The SMILES string of the molecule is CC(C)[C@H]1N[C@]2(C(=O)Nc3ccccc32)[C@H]2C(=O)N(c3ccccc3Cl)C(=O)[C@H]12. The number of carbonyl (C=O) groups excluding carboxylic acids is 3. The van der Waals surface area contributed by atoms with Gasteiger partial charge in [0.15, 0.2) is 0 Å². The van der Waals surface area contributed by atoms with Gasteiger partial charge in [-0.1, -0.05) is 55.8 Å². The molecule has 0 radical (unpaired) electrons. The van der Waals surface area contributed by atoms with Crippen molar-refractivity contribution in [2.24, 2.45) is 17.8 Å². The molecule has 0 unspecified atom stereocenters. The largest absolute Gasteiger partial charge is 0.324 e. The molecule has 2 saturated heterocycles. The Kier molecular flexibility index (Phi) is 3.89. The van der Waals surface area contributed by atoms with Gasteiger partial charge in [-0.05, 0) is 24.1 Å². The van der Waals surface area contributed by atoms with Gasteiger partial charge in [0, 0.05) is 17.3 Å². The predicted molar refractivity (Wildman–Crippen MR) is 109 cm³/mol. The molecule has 2 aromatic rings. The molecular formula is C22H20ClN3O3. The number of nitrogens with zero attached hydrogens (tertiary/aromatic N) is 1. The van der Waals surface area contributed by atoms with Crippen LogP contribution >= 0.6 is 11.6 Å². The normalized spacial score (nSPS) is 30.3. The summed E-state index contributed by atoms with van der Waals surface area (Å²) in [6.45, 7) is 3.98. The molecule has 2 aromatic carbocycles. The summed E-state index contributed by atoms with van der Waals surface area (Å²) in [4.78, 5) is 41.6. The fourth-order valence-electron chi connectivity index (χ4n) is 5.13. The molecule has 2 fully saturated rings. The molecule has 1 spiro atoms. The van der Waals surface area contributed by atoms with E-state index in [4.69, 9.17) is 11.6 Å². The van der Waals surface area contributed by atoms with E-state index in [0.29, 0.717) is 22.0 Å². The van der Waals surface area contributed by atoms with Crippen molar-refractivity contribution >= 4 is 40.7 Å². The maximum atomic E-state index is 13.7. The average molecular weight is 410 g/mol. The first kappa shape index (κ1) is 18.3. The molecular weight excluding hydrogens is 390 g/mol. The molecule has 6 nitrogen and oxygen atoms in total. The van der Waals surface area contributed by atoms with Crippen molar-refractivity contribution in [3.8, 4) is 0 Å². The smallest absolute Gasteiger partial charge is 0.250 e. The average Bonchev–Trinajstić information content (AvgIpc) is 3.28. The number of nitrogens with one attached hydrogen (secondary N) is 2. The van der Waals surface area contributed by atoms with Crippen molar-refractivity contribution in [3.05, 3.63) is 59.1 Å². The Morgan fingerprint density at radius 2 is 1.69 bits per heavy atom. The van der Waals surface area contributed by atoms with E-state index in [0.717, 1.165) is 0 Å². The molecule has 3 aliphatic heterocycles. The minimum absolute atomic E-state index is 0.0467. The van der Waals surface area contributed by atoms with Crippen LogP contribution in [-0.4, -0.2) is 23.8 Å². The highest BCUT2D eigenvalue weighted by atomic mass is 35.5. The molecule has 29 heavy (non-hydrogen) atoms. The van der Waals surface area contributed by atoms with Crippen LogP contribution in [0.2, 0.25) is 5.02 Å². The number of amides is 3. The zero-order chi connectivity index (χ0) is 20.5. The van der Waals surface area contributed by atoms with Crippen LogP contribution in [0.5, 0.6) is 0 Å². The van der Waals surface area contributed by atoms with E-state index < -0.39 is 23.3 Å². The lowest BCUT2D eigenvalue weighted by atomic mass is 9.76. The Morgan fingerprint density at radius 3 is 2.41 bits per heavy atom. The molecule has 4 atom stereocenters. The van der Waals surface area contributed by atoms with Gasteiger partial charge >= 0.3 is 0 Å². The molecule has 3 aliphatic rings. The third-order valence-electron chi connectivity index (χ3n) is 6.37. The van der Waals surface area contributed by atoms with Crippen LogP contribution in [0, 0.1) is 17.8 Å². The summed E-state index contributed by atoms with van der Waals surface area (Å²) >= 11 is 6.31. The quantitative estimate of drug-likeness (QED) is 0.747. The molecule has 0 aliphatic carbocycles. The molecule has 3 amide bonds. The van der Waals surface area contributed by atoms with Gasteiger partial charge in [0.1, 0.15) is 5.54 Å². The second kappa shape index (κ2) is 6.15. The highest BCUT2D eigenvalue weighted by molar-refractivity contribution is 6.36.